The zero-order chi connectivity index (χ0) is 22.3. The van der Waals surface area contributed by atoms with Crippen LogP contribution in [0.25, 0.3) is 0 Å². The Hall–Kier alpha value is -2.62. The molecule has 0 radical (unpaired) electrons. The number of nitrogens with zero attached hydrogens (tertiary/aromatic N) is 1. The van der Waals surface area contributed by atoms with E-state index < -0.39 is 42.2 Å². The predicted molar refractivity (Wildman–Crippen MR) is 100 cm³/mol. The molecule has 11 heteroatoms. The molecule has 0 bridgehead atoms. The quantitative estimate of drug-likeness (QED) is 0.350. The van der Waals surface area contributed by atoms with Crippen LogP contribution in [-0.2, 0) is 22.1 Å². The number of carbonyl (C=O) groups is 1. The van der Waals surface area contributed by atoms with Crippen molar-refractivity contribution < 1.29 is 31.8 Å². The highest BCUT2D eigenvalue weighted by atomic mass is 35.5. The molecule has 164 valence electrons. The third-order valence-electron chi connectivity index (χ3n) is 3.98. The smallest absolute Gasteiger partial charge is 0.432 e. The number of rotatable bonds is 9. The van der Waals surface area contributed by atoms with Gasteiger partial charge in [-0.05, 0) is 24.1 Å². The molecule has 1 aromatic carbocycles. The van der Waals surface area contributed by atoms with E-state index in [1.54, 1.807) is 4.98 Å². The molecule has 0 unspecified atom stereocenters. The second-order valence-electron chi connectivity index (χ2n) is 6.34. The summed E-state index contributed by atoms with van der Waals surface area (Å²) in [6.45, 7) is 1.80. The van der Waals surface area contributed by atoms with Crippen molar-refractivity contribution in [2.24, 2.45) is 0 Å². The fourth-order valence-corrected chi connectivity index (χ4v) is 2.62. The first-order chi connectivity index (χ1) is 14.1. The highest BCUT2D eigenvalue weighted by Gasteiger charge is 2.32. The maximum absolute atomic E-state index is 14.2. The Bertz CT molecular complexity index is 947. The molecule has 0 fully saturated rings. The van der Waals surface area contributed by atoms with E-state index in [0.29, 0.717) is 6.20 Å². The molecular weight excluding hydrogens is 432 g/mol. The van der Waals surface area contributed by atoms with Crippen LogP contribution in [0.5, 0.6) is 5.75 Å². The second kappa shape index (κ2) is 10.4. The topological polar surface area (TPSA) is 81.3 Å². The standard InChI is InChI=1S/C19H19ClF4N2O4/c1-2-3-4-5-29-17(27)10-30-15-7-11(13(21)8-12(15)20)6-14-18(28)26-16(9-25-14)19(22,23)24/h7-9H,2-6,10H2,1H3,(H,26,28). The lowest BCUT2D eigenvalue weighted by Gasteiger charge is -2.11. The monoisotopic (exact) mass is 450 g/mol. The van der Waals surface area contributed by atoms with Gasteiger partial charge >= 0.3 is 12.1 Å². The molecule has 30 heavy (non-hydrogen) atoms. The number of alkyl halides is 3. The Kier molecular flexibility index (Phi) is 8.22. The van der Waals surface area contributed by atoms with Crippen LogP contribution in [0.1, 0.15) is 43.1 Å². The van der Waals surface area contributed by atoms with Crippen molar-refractivity contribution in [3.05, 3.63) is 56.5 Å². The zero-order valence-electron chi connectivity index (χ0n) is 15.9. The van der Waals surface area contributed by atoms with Gasteiger partial charge in [0.2, 0.25) is 0 Å². The highest BCUT2D eigenvalue weighted by Crippen LogP contribution is 2.29. The summed E-state index contributed by atoms with van der Waals surface area (Å²) in [4.78, 5) is 28.7. The minimum absolute atomic E-state index is 0.0399. The van der Waals surface area contributed by atoms with Gasteiger partial charge in [0, 0.05) is 6.42 Å². The van der Waals surface area contributed by atoms with Crippen molar-refractivity contribution in [3.8, 4) is 5.75 Å². The molecule has 0 saturated carbocycles. The number of esters is 1. The second-order valence-corrected chi connectivity index (χ2v) is 6.74. The molecule has 0 saturated heterocycles. The Morgan fingerprint density at radius 1 is 1.27 bits per heavy atom. The number of hydrogen-bond donors (Lipinski definition) is 1. The van der Waals surface area contributed by atoms with Crippen molar-refractivity contribution in [1.82, 2.24) is 9.97 Å². The summed E-state index contributed by atoms with van der Waals surface area (Å²) < 4.78 is 62.3. The van der Waals surface area contributed by atoms with Crippen molar-refractivity contribution >= 4 is 17.6 Å². The van der Waals surface area contributed by atoms with Gasteiger partial charge in [-0.3, -0.25) is 9.78 Å². The molecule has 2 rings (SSSR count). The lowest BCUT2D eigenvalue weighted by atomic mass is 10.1. The minimum atomic E-state index is -4.76. The Labute approximate surface area is 174 Å². The number of hydrogen-bond acceptors (Lipinski definition) is 5. The van der Waals surface area contributed by atoms with Crippen LogP contribution in [0.2, 0.25) is 5.02 Å². The number of aromatic amines is 1. The van der Waals surface area contributed by atoms with Crippen molar-refractivity contribution in [1.29, 1.82) is 0 Å². The first-order valence-electron chi connectivity index (χ1n) is 9.03. The van der Waals surface area contributed by atoms with Gasteiger partial charge in [0.15, 0.2) is 6.61 Å². The Balaban J connectivity index is 2.10. The van der Waals surface area contributed by atoms with Gasteiger partial charge in [0.05, 0.1) is 17.8 Å². The van der Waals surface area contributed by atoms with Crippen LogP contribution in [-0.4, -0.2) is 29.2 Å². The van der Waals surface area contributed by atoms with Crippen molar-refractivity contribution in [2.45, 2.75) is 38.8 Å². The largest absolute Gasteiger partial charge is 0.480 e. The van der Waals surface area contributed by atoms with E-state index in [4.69, 9.17) is 21.1 Å². The maximum atomic E-state index is 14.2. The van der Waals surface area contributed by atoms with Gasteiger partial charge < -0.3 is 14.5 Å². The summed E-state index contributed by atoms with van der Waals surface area (Å²) in [5.74, 6) is -1.48. The van der Waals surface area contributed by atoms with Gasteiger partial charge in [-0.25, -0.2) is 9.18 Å². The number of carbonyl (C=O) groups excluding carboxylic acids is 1. The molecule has 6 nitrogen and oxygen atoms in total. The van der Waals surface area contributed by atoms with E-state index in [0.717, 1.165) is 31.4 Å². The fourth-order valence-electron chi connectivity index (χ4n) is 2.41. The number of halogens is 5. The normalized spacial score (nSPS) is 11.4. The number of aromatic nitrogens is 2. The van der Waals surface area contributed by atoms with E-state index >= 15 is 0 Å². The first-order valence-corrected chi connectivity index (χ1v) is 9.41. The third-order valence-corrected chi connectivity index (χ3v) is 4.28. The summed E-state index contributed by atoms with van der Waals surface area (Å²) in [6.07, 6.45) is -2.11. The number of benzene rings is 1. The molecule has 0 atom stereocenters. The molecule has 0 spiro atoms. The molecule has 2 aromatic rings. The average molecular weight is 451 g/mol. The summed E-state index contributed by atoms with van der Waals surface area (Å²) in [5.41, 5.74) is -2.83. The molecule has 0 aliphatic carbocycles. The predicted octanol–water partition coefficient (Wildman–Crippen LogP) is 4.28. The van der Waals surface area contributed by atoms with Crippen LogP contribution < -0.4 is 10.3 Å². The average Bonchev–Trinajstić information content (AvgIpc) is 2.67. The molecule has 1 heterocycles. The van der Waals surface area contributed by atoms with E-state index in [1.807, 2.05) is 6.92 Å². The van der Waals surface area contributed by atoms with Gasteiger partial charge in [0.1, 0.15) is 23.0 Å². The summed E-state index contributed by atoms with van der Waals surface area (Å²) in [6, 6.07) is 2.07. The summed E-state index contributed by atoms with van der Waals surface area (Å²) in [7, 11) is 0. The molecule has 0 aliphatic heterocycles. The van der Waals surface area contributed by atoms with E-state index in [1.165, 1.54) is 0 Å². The number of unbranched alkanes of at least 4 members (excludes halogenated alkanes) is 2. The van der Waals surface area contributed by atoms with Gasteiger partial charge in [-0.1, -0.05) is 31.4 Å². The molecule has 0 amide bonds. The van der Waals surface area contributed by atoms with E-state index in [9.17, 15) is 27.2 Å². The lowest BCUT2D eigenvalue weighted by molar-refractivity contribution is -0.146. The molecule has 0 aliphatic rings. The first kappa shape index (κ1) is 23.7. The van der Waals surface area contributed by atoms with E-state index in [2.05, 4.69) is 4.98 Å². The maximum Gasteiger partial charge on any atom is 0.432 e. The van der Waals surface area contributed by atoms with Gasteiger partial charge in [-0.2, -0.15) is 13.2 Å². The fraction of sp³-hybridized carbons (Fsp3) is 0.421. The SMILES string of the molecule is CCCCCOC(=O)COc1cc(Cc2ncc(C(F)(F)F)[nH]c2=O)c(F)cc1Cl. The Morgan fingerprint density at radius 3 is 2.63 bits per heavy atom. The number of nitrogens with one attached hydrogen (secondary N) is 1. The van der Waals surface area contributed by atoms with Gasteiger partial charge in [0.25, 0.3) is 5.56 Å². The van der Waals surface area contributed by atoms with Crippen LogP contribution in [0.15, 0.2) is 23.1 Å². The van der Waals surface area contributed by atoms with Crippen LogP contribution in [0.3, 0.4) is 0 Å². The number of ether oxygens (including phenoxy) is 2. The summed E-state index contributed by atoms with van der Waals surface area (Å²) >= 11 is 5.91. The summed E-state index contributed by atoms with van der Waals surface area (Å²) in [5, 5.41) is -0.121. The van der Waals surface area contributed by atoms with Crippen molar-refractivity contribution in [2.75, 3.05) is 13.2 Å². The lowest BCUT2D eigenvalue weighted by Crippen LogP contribution is -2.21. The minimum Gasteiger partial charge on any atom is -0.480 e. The zero-order valence-corrected chi connectivity index (χ0v) is 16.7. The highest BCUT2D eigenvalue weighted by molar-refractivity contribution is 6.32. The van der Waals surface area contributed by atoms with Crippen molar-refractivity contribution in [3.63, 3.8) is 0 Å². The third kappa shape index (κ3) is 6.72. The van der Waals surface area contributed by atoms with E-state index in [-0.39, 0.29) is 28.6 Å². The number of H-pyrrole nitrogens is 1. The molecular formula is C19H19ClF4N2O4. The van der Waals surface area contributed by atoms with Crippen LogP contribution >= 0.6 is 11.6 Å². The van der Waals surface area contributed by atoms with Crippen LogP contribution in [0.4, 0.5) is 17.6 Å². The molecule has 1 aromatic heterocycles. The molecule has 1 N–H and O–H groups in total. The van der Waals surface area contributed by atoms with Crippen LogP contribution in [0, 0.1) is 5.82 Å². The van der Waals surface area contributed by atoms with Gasteiger partial charge in [-0.15, -0.1) is 0 Å². The Morgan fingerprint density at radius 2 is 2.00 bits per heavy atom.